The smallest absolute Gasteiger partial charge is 0.274 e. The second-order valence-electron chi connectivity index (χ2n) is 6.21. The number of methoxy groups -OCH3 is 1. The monoisotopic (exact) mass is 380 g/mol. The number of carbonyl (C=O) groups excluding carboxylic acids is 1. The molecule has 0 aliphatic heterocycles. The lowest BCUT2D eigenvalue weighted by Gasteiger charge is -2.11. The van der Waals surface area contributed by atoms with Gasteiger partial charge in [-0.3, -0.25) is 4.79 Å². The number of anilines is 2. The van der Waals surface area contributed by atoms with E-state index in [0.717, 1.165) is 5.56 Å². The van der Waals surface area contributed by atoms with Crippen LogP contribution in [0, 0.1) is 12.7 Å². The summed E-state index contributed by atoms with van der Waals surface area (Å²) < 4.78 is 18.9. The van der Waals surface area contributed by atoms with Crippen LogP contribution in [0.4, 0.5) is 15.9 Å². The lowest BCUT2D eigenvalue weighted by atomic mass is 10.1. The van der Waals surface area contributed by atoms with Crippen molar-refractivity contribution in [2.75, 3.05) is 24.3 Å². The Kier molecular flexibility index (Phi) is 6.16. The lowest BCUT2D eigenvalue weighted by Crippen LogP contribution is -2.16. The summed E-state index contributed by atoms with van der Waals surface area (Å²) in [6, 6.07) is 13.7. The molecule has 0 bridgehead atoms. The third-order valence-electron chi connectivity index (χ3n) is 4.16. The number of hydrogen-bond acceptors (Lipinski definition) is 5. The molecule has 144 valence electrons. The van der Waals surface area contributed by atoms with E-state index in [0.29, 0.717) is 35.8 Å². The first kappa shape index (κ1) is 19.3. The van der Waals surface area contributed by atoms with Crippen LogP contribution in [-0.4, -0.2) is 29.5 Å². The van der Waals surface area contributed by atoms with E-state index < -0.39 is 0 Å². The van der Waals surface area contributed by atoms with Gasteiger partial charge in [-0.2, -0.15) is 0 Å². The molecule has 0 fully saturated rings. The number of amides is 1. The van der Waals surface area contributed by atoms with Gasteiger partial charge in [-0.1, -0.05) is 24.3 Å². The second kappa shape index (κ2) is 8.94. The maximum absolute atomic E-state index is 13.7. The van der Waals surface area contributed by atoms with Gasteiger partial charge in [0.25, 0.3) is 5.91 Å². The molecule has 2 aromatic carbocycles. The number of hydrogen-bond donors (Lipinski definition) is 2. The molecule has 28 heavy (non-hydrogen) atoms. The summed E-state index contributed by atoms with van der Waals surface area (Å²) in [7, 11) is 1.54. The van der Waals surface area contributed by atoms with Gasteiger partial charge in [0, 0.05) is 12.6 Å². The van der Waals surface area contributed by atoms with Crippen molar-refractivity contribution in [3.8, 4) is 5.75 Å². The fourth-order valence-electron chi connectivity index (χ4n) is 2.71. The molecule has 6 nitrogen and oxygen atoms in total. The Hall–Kier alpha value is -3.48. The van der Waals surface area contributed by atoms with Crippen LogP contribution in [0.5, 0.6) is 5.75 Å². The van der Waals surface area contributed by atoms with E-state index in [1.54, 1.807) is 37.4 Å². The van der Waals surface area contributed by atoms with E-state index in [2.05, 4.69) is 20.6 Å². The Labute approximate surface area is 162 Å². The molecule has 0 saturated carbocycles. The van der Waals surface area contributed by atoms with Gasteiger partial charge in [0.1, 0.15) is 29.4 Å². The Balaban J connectivity index is 1.65. The van der Waals surface area contributed by atoms with E-state index >= 15 is 0 Å². The van der Waals surface area contributed by atoms with Gasteiger partial charge >= 0.3 is 0 Å². The van der Waals surface area contributed by atoms with Crippen LogP contribution in [0.15, 0.2) is 54.9 Å². The highest BCUT2D eigenvalue weighted by molar-refractivity contribution is 6.04. The zero-order chi connectivity index (χ0) is 19.9. The Morgan fingerprint density at radius 1 is 1.14 bits per heavy atom. The van der Waals surface area contributed by atoms with Gasteiger partial charge in [-0.05, 0) is 42.7 Å². The number of aryl methyl sites for hydroxylation is 1. The SMILES string of the molecule is COc1ccc(C)cc1NC(=O)c1cc(NCCc2ccccc2F)ncn1. The number of halogens is 1. The fourth-order valence-corrected chi connectivity index (χ4v) is 2.71. The molecule has 0 unspecified atom stereocenters. The van der Waals surface area contributed by atoms with E-state index in [9.17, 15) is 9.18 Å². The summed E-state index contributed by atoms with van der Waals surface area (Å²) in [6.07, 6.45) is 1.81. The van der Waals surface area contributed by atoms with Gasteiger partial charge in [-0.15, -0.1) is 0 Å². The maximum Gasteiger partial charge on any atom is 0.274 e. The average molecular weight is 380 g/mol. The zero-order valence-corrected chi connectivity index (χ0v) is 15.7. The van der Waals surface area contributed by atoms with Gasteiger partial charge < -0.3 is 15.4 Å². The predicted molar refractivity (Wildman–Crippen MR) is 106 cm³/mol. The van der Waals surface area contributed by atoms with E-state index in [-0.39, 0.29) is 17.4 Å². The van der Waals surface area contributed by atoms with Crippen LogP contribution >= 0.6 is 0 Å². The largest absolute Gasteiger partial charge is 0.495 e. The fraction of sp³-hybridized carbons (Fsp3) is 0.190. The molecular weight excluding hydrogens is 359 g/mol. The minimum atomic E-state index is -0.372. The maximum atomic E-state index is 13.7. The van der Waals surface area contributed by atoms with Crippen LogP contribution in [-0.2, 0) is 6.42 Å². The van der Waals surface area contributed by atoms with Crippen molar-refractivity contribution in [3.05, 3.63) is 77.5 Å². The molecule has 2 N–H and O–H groups in total. The number of rotatable bonds is 7. The number of nitrogens with one attached hydrogen (secondary N) is 2. The summed E-state index contributed by atoms with van der Waals surface area (Å²) in [4.78, 5) is 20.7. The van der Waals surface area contributed by atoms with Crippen molar-refractivity contribution in [2.45, 2.75) is 13.3 Å². The minimum absolute atomic E-state index is 0.215. The standard InChI is InChI=1S/C21H21FN4O2/c1-14-7-8-19(28-2)17(11-14)26-21(27)18-12-20(25-13-24-18)23-10-9-15-5-3-4-6-16(15)22/h3-8,11-13H,9-10H2,1-2H3,(H,26,27)(H,23,24,25). The Bertz CT molecular complexity index is 978. The number of nitrogens with zero attached hydrogens (tertiary/aromatic N) is 2. The number of carbonyl (C=O) groups is 1. The van der Waals surface area contributed by atoms with Crippen LogP contribution in [0.25, 0.3) is 0 Å². The molecule has 0 saturated heterocycles. The van der Waals surface area contributed by atoms with E-state index in [1.807, 2.05) is 19.1 Å². The Morgan fingerprint density at radius 2 is 1.96 bits per heavy atom. The molecular formula is C21H21FN4O2. The highest BCUT2D eigenvalue weighted by Crippen LogP contribution is 2.25. The second-order valence-corrected chi connectivity index (χ2v) is 6.21. The van der Waals surface area contributed by atoms with E-state index in [4.69, 9.17) is 4.74 Å². The molecule has 0 radical (unpaired) electrons. The third kappa shape index (κ3) is 4.82. The van der Waals surface area contributed by atoms with Crippen LogP contribution < -0.4 is 15.4 Å². The van der Waals surface area contributed by atoms with Gasteiger partial charge in [0.15, 0.2) is 0 Å². The normalized spacial score (nSPS) is 10.4. The third-order valence-corrected chi connectivity index (χ3v) is 4.16. The van der Waals surface area contributed by atoms with Crippen LogP contribution in [0.2, 0.25) is 0 Å². The number of benzene rings is 2. The van der Waals surface area contributed by atoms with Crippen molar-refractivity contribution in [2.24, 2.45) is 0 Å². The predicted octanol–water partition coefficient (Wildman–Crippen LogP) is 3.84. The van der Waals surface area contributed by atoms with Crippen molar-refractivity contribution in [1.29, 1.82) is 0 Å². The average Bonchev–Trinajstić information content (AvgIpc) is 2.70. The first-order valence-electron chi connectivity index (χ1n) is 8.82. The number of ether oxygens (including phenoxy) is 1. The van der Waals surface area contributed by atoms with Gasteiger partial charge in [0.05, 0.1) is 12.8 Å². The van der Waals surface area contributed by atoms with Crippen molar-refractivity contribution in [1.82, 2.24) is 9.97 Å². The molecule has 3 rings (SSSR count). The van der Waals surface area contributed by atoms with Crippen LogP contribution in [0.1, 0.15) is 21.6 Å². The molecule has 0 aliphatic rings. The van der Waals surface area contributed by atoms with Crippen molar-refractivity contribution in [3.63, 3.8) is 0 Å². The van der Waals surface area contributed by atoms with E-state index in [1.165, 1.54) is 12.4 Å². The molecule has 3 aromatic rings. The summed E-state index contributed by atoms with van der Waals surface area (Å²) in [5, 5.41) is 5.89. The van der Waals surface area contributed by atoms with Crippen molar-refractivity contribution >= 4 is 17.4 Å². The molecule has 1 aromatic heterocycles. The Morgan fingerprint density at radius 3 is 2.75 bits per heavy atom. The van der Waals surface area contributed by atoms with Gasteiger partial charge in [0.2, 0.25) is 0 Å². The zero-order valence-electron chi connectivity index (χ0n) is 15.7. The molecule has 0 aliphatic carbocycles. The highest BCUT2D eigenvalue weighted by atomic mass is 19.1. The quantitative estimate of drug-likeness (QED) is 0.651. The topological polar surface area (TPSA) is 76.1 Å². The molecule has 7 heteroatoms. The highest BCUT2D eigenvalue weighted by Gasteiger charge is 2.12. The summed E-state index contributed by atoms with van der Waals surface area (Å²) in [5.74, 6) is 0.451. The van der Waals surface area contributed by atoms with Gasteiger partial charge in [-0.25, -0.2) is 14.4 Å². The molecule has 1 heterocycles. The number of aromatic nitrogens is 2. The molecule has 0 atom stereocenters. The summed E-state index contributed by atoms with van der Waals surface area (Å²) in [5.41, 5.74) is 2.40. The lowest BCUT2D eigenvalue weighted by molar-refractivity contribution is 0.102. The molecule has 0 spiro atoms. The first-order valence-corrected chi connectivity index (χ1v) is 8.82. The minimum Gasteiger partial charge on any atom is -0.495 e. The summed E-state index contributed by atoms with van der Waals surface area (Å²) in [6.45, 7) is 2.40. The van der Waals surface area contributed by atoms with Crippen molar-refractivity contribution < 1.29 is 13.9 Å². The first-order chi connectivity index (χ1) is 13.6. The summed E-state index contributed by atoms with van der Waals surface area (Å²) >= 11 is 0. The molecule has 1 amide bonds. The van der Waals surface area contributed by atoms with Crippen LogP contribution in [0.3, 0.4) is 0 Å².